The molecule has 0 spiro atoms. The summed E-state index contributed by atoms with van der Waals surface area (Å²) < 4.78 is 0. The molecule has 2 N–H and O–H groups in total. The first kappa shape index (κ1) is 14.3. The lowest BCUT2D eigenvalue weighted by molar-refractivity contribution is -0.116. The predicted octanol–water partition coefficient (Wildman–Crippen LogP) is 2.77. The molecule has 0 fully saturated rings. The van der Waals surface area contributed by atoms with Crippen LogP contribution in [0.1, 0.15) is 19.8 Å². The van der Waals surface area contributed by atoms with Crippen molar-refractivity contribution < 1.29 is 4.79 Å². The van der Waals surface area contributed by atoms with Gasteiger partial charge in [-0.3, -0.25) is 4.79 Å². The van der Waals surface area contributed by atoms with Crippen LogP contribution in [0.4, 0.5) is 11.4 Å². The van der Waals surface area contributed by atoms with Gasteiger partial charge < -0.3 is 10.6 Å². The van der Waals surface area contributed by atoms with E-state index >= 15 is 0 Å². The zero-order valence-corrected chi connectivity index (χ0v) is 10.6. The monoisotopic (exact) mass is 254 g/mol. The highest BCUT2D eigenvalue weighted by atomic mass is 16.1. The molecule has 1 amide bonds. The Labute approximate surface area is 112 Å². The second-order valence-corrected chi connectivity index (χ2v) is 3.80. The van der Waals surface area contributed by atoms with E-state index in [4.69, 9.17) is 10.5 Å². The van der Waals surface area contributed by atoms with Crippen LogP contribution in [0.15, 0.2) is 36.0 Å². The summed E-state index contributed by atoms with van der Waals surface area (Å²) in [7, 11) is 0. The summed E-state index contributed by atoms with van der Waals surface area (Å²) in [6.45, 7) is 1.95. The average Bonchev–Trinajstić information content (AvgIpc) is 2.42. The van der Waals surface area contributed by atoms with Crippen LogP contribution >= 0.6 is 0 Å². The van der Waals surface area contributed by atoms with Gasteiger partial charge in [0, 0.05) is 24.0 Å². The van der Waals surface area contributed by atoms with Crippen LogP contribution in [0.5, 0.6) is 0 Å². The topological polar surface area (TPSA) is 88.7 Å². The van der Waals surface area contributed by atoms with E-state index in [9.17, 15) is 4.79 Å². The molecule has 0 heterocycles. The summed E-state index contributed by atoms with van der Waals surface area (Å²) in [6.07, 6.45) is 2.64. The third-order valence-corrected chi connectivity index (χ3v) is 2.27. The molecule has 1 aromatic carbocycles. The Morgan fingerprint density at radius 2 is 1.79 bits per heavy atom. The lowest BCUT2D eigenvalue weighted by atomic mass is 10.2. The van der Waals surface area contributed by atoms with Gasteiger partial charge in [0.15, 0.2) is 0 Å². The molecule has 0 saturated carbocycles. The summed E-state index contributed by atoms with van der Waals surface area (Å²) >= 11 is 0. The molecule has 0 aliphatic heterocycles. The number of carbonyl (C=O) groups excluding carboxylic acids is 1. The van der Waals surface area contributed by atoms with Gasteiger partial charge >= 0.3 is 0 Å². The third-order valence-electron chi connectivity index (χ3n) is 2.27. The third kappa shape index (κ3) is 4.93. The van der Waals surface area contributed by atoms with E-state index in [1.807, 2.05) is 6.92 Å². The Balaban J connectivity index is 2.63. The number of nitrogens with one attached hydrogen (secondary N) is 2. The van der Waals surface area contributed by atoms with Gasteiger partial charge in [0.05, 0.1) is 0 Å². The molecule has 0 saturated heterocycles. The zero-order valence-electron chi connectivity index (χ0n) is 10.6. The van der Waals surface area contributed by atoms with E-state index < -0.39 is 0 Å². The number of rotatable bonds is 5. The Morgan fingerprint density at radius 3 is 2.32 bits per heavy atom. The minimum atomic E-state index is -0.0145. The van der Waals surface area contributed by atoms with E-state index in [1.54, 1.807) is 36.4 Å². The highest BCUT2D eigenvalue weighted by Crippen LogP contribution is 2.14. The summed E-state index contributed by atoms with van der Waals surface area (Å²) in [6, 6.07) is 10.5. The molecule has 0 bridgehead atoms. The van der Waals surface area contributed by atoms with Gasteiger partial charge in [0.25, 0.3) is 0 Å². The molecule has 5 heteroatoms. The number of nitrogens with zero attached hydrogens (tertiary/aromatic N) is 2. The minimum absolute atomic E-state index is 0.000301. The summed E-state index contributed by atoms with van der Waals surface area (Å²) in [5, 5.41) is 22.7. The fourth-order valence-corrected chi connectivity index (χ4v) is 1.35. The molecule has 0 radical (unpaired) electrons. The number of hydrogen-bond acceptors (Lipinski definition) is 4. The van der Waals surface area contributed by atoms with Crippen LogP contribution in [0, 0.1) is 22.7 Å². The molecule has 0 atom stereocenters. The quantitative estimate of drug-likeness (QED) is 0.791. The SMILES string of the molecule is CCCC(=O)Nc1ccc(NC=C(C#N)C#N)cc1. The Bertz CT molecular complexity index is 530. The smallest absolute Gasteiger partial charge is 0.224 e. The number of amides is 1. The van der Waals surface area contributed by atoms with Crippen molar-refractivity contribution >= 4 is 17.3 Å². The summed E-state index contributed by atoms with van der Waals surface area (Å²) in [5.41, 5.74) is 1.45. The number of allylic oxidation sites excluding steroid dienone is 1. The number of carbonyl (C=O) groups is 1. The zero-order chi connectivity index (χ0) is 14.1. The Kier molecular flexibility index (Phi) is 5.65. The minimum Gasteiger partial charge on any atom is -0.360 e. The van der Waals surface area contributed by atoms with Gasteiger partial charge in [0.2, 0.25) is 5.91 Å². The van der Waals surface area contributed by atoms with E-state index in [0.29, 0.717) is 12.1 Å². The van der Waals surface area contributed by atoms with Gasteiger partial charge in [-0.05, 0) is 30.7 Å². The molecule has 0 aromatic heterocycles. The van der Waals surface area contributed by atoms with Crippen LogP contribution in [0.3, 0.4) is 0 Å². The van der Waals surface area contributed by atoms with Crippen LogP contribution in [0.25, 0.3) is 0 Å². The van der Waals surface area contributed by atoms with Crippen LogP contribution < -0.4 is 10.6 Å². The van der Waals surface area contributed by atoms with Gasteiger partial charge in [-0.25, -0.2) is 0 Å². The van der Waals surface area contributed by atoms with Crippen LogP contribution in [-0.4, -0.2) is 5.91 Å². The normalized spacial score (nSPS) is 8.79. The average molecular weight is 254 g/mol. The van der Waals surface area contributed by atoms with E-state index in [2.05, 4.69) is 10.6 Å². The molecule has 0 aliphatic rings. The molecule has 5 nitrogen and oxygen atoms in total. The van der Waals surface area contributed by atoms with Crippen LogP contribution in [-0.2, 0) is 4.79 Å². The van der Waals surface area contributed by atoms with Gasteiger partial charge in [-0.1, -0.05) is 6.92 Å². The van der Waals surface area contributed by atoms with Crippen molar-refractivity contribution in [1.82, 2.24) is 0 Å². The first-order valence-corrected chi connectivity index (χ1v) is 5.86. The lowest BCUT2D eigenvalue weighted by Gasteiger charge is -2.05. The standard InChI is InChI=1S/C14H14N4O/c1-2-3-14(19)18-13-6-4-12(5-7-13)17-10-11(8-15)9-16/h4-7,10,17H,2-3H2,1H3,(H,18,19). The largest absolute Gasteiger partial charge is 0.360 e. The second kappa shape index (κ2) is 7.52. The van der Waals surface area contributed by atoms with Gasteiger partial charge in [-0.2, -0.15) is 10.5 Å². The fourth-order valence-electron chi connectivity index (χ4n) is 1.35. The number of anilines is 2. The molecule has 1 rings (SSSR count). The predicted molar refractivity (Wildman–Crippen MR) is 72.9 cm³/mol. The molecule has 0 aliphatic carbocycles. The number of nitriles is 2. The molecule has 0 unspecified atom stereocenters. The molecular weight excluding hydrogens is 240 g/mol. The van der Waals surface area contributed by atoms with Crippen molar-refractivity contribution in [3.63, 3.8) is 0 Å². The highest BCUT2D eigenvalue weighted by molar-refractivity contribution is 5.90. The number of hydrogen-bond donors (Lipinski definition) is 2. The van der Waals surface area contributed by atoms with E-state index in [1.165, 1.54) is 6.20 Å². The van der Waals surface area contributed by atoms with Gasteiger partial charge in [0.1, 0.15) is 17.7 Å². The van der Waals surface area contributed by atoms with Crippen molar-refractivity contribution in [3.05, 3.63) is 36.0 Å². The first-order chi connectivity index (χ1) is 9.19. The first-order valence-electron chi connectivity index (χ1n) is 5.86. The maximum absolute atomic E-state index is 11.4. The van der Waals surface area contributed by atoms with E-state index in [0.717, 1.165) is 12.1 Å². The Morgan fingerprint density at radius 1 is 1.21 bits per heavy atom. The van der Waals surface area contributed by atoms with Crippen molar-refractivity contribution in [3.8, 4) is 12.1 Å². The maximum Gasteiger partial charge on any atom is 0.224 e. The fraction of sp³-hybridized carbons (Fsp3) is 0.214. The second-order valence-electron chi connectivity index (χ2n) is 3.80. The summed E-state index contributed by atoms with van der Waals surface area (Å²) in [4.78, 5) is 11.4. The lowest BCUT2D eigenvalue weighted by Crippen LogP contribution is -2.10. The van der Waals surface area contributed by atoms with Crippen molar-refractivity contribution in [2.75, 3.05) is 10.6 Å². The van der Waals surface area contributed by atoms with Crippen LogP contribution in [0.2, 0.25) is 0 Å². The molecule has 1 aromatic rings. The van der Waals surface area contributed by atoms with E-state index in [-0.39, 0.29) is 11.5 Å². The van der Waals surface area contributed by atoms with Crippen molar-refractivity contribution in [2.24, 2.45) is 0 Å². The molecular formula is C14H14N4O. The number of benzene rings is 1. The van der Waals surface area contributed by atoms with Crippen molar-refractivity contribution in [1.29, 1.82) is 10.5 Å². The Hall–Kier alpha value is -2.79. The van der Waals surface area contributed by atoms with Gasteiger partial charge in [-0.15, -0.1) is 0 Å². The maximum atomic E-state index is 11.4. The van der Waals surface area contributed by atoms with Crippen molar-refractivity contribution in [2.45, 2.75) is 19.8 Å². The highest BCUT2D eigenvalue weighted by Gasteiger charge is 2.00. The summed E-state index contributed by atoms with van der Waals surface area (Å²) in [5.74, 6) is -0.0145. The molecule has 96 valence electrons. The molecule has 19 heavy (non-hydrogen) atoms.